The van der Waals surface area contributed by atoms with Crippen LogP contribution in [-0.2, 0) is 11.3 Å². The molecule has 0 atom stereocenters. The summed E-state index contributed by atoms with van der Waals surface area (Å²) in [6.07, 6.45) is -0.327. The van der Waals surface area contributed by atoms with Gasteiger partial charge in [0.2, 0.25) is 0 Å². The van der Waals surface area contributed by atoms with Gasteiger partial charge < -0.3 is 24.6 Å². The van der Waals surface area contributed by atoms with E-state index in [1.807, 2.05) is 52.0 Å². The van der Waals surface area contributed by atoms with Crippen molar-refractivity contribution in [2.75, 3.05) is 32.8 Å². The molecule has 0 aromatic heterocycles. The minimum atomic E-state index is -0.511. The van der Waals surface area contributed by atoms with Crippen LogP contribution in [0.15, 0.2) is 24.3 Å². The molecular formula is C19H29N3O4. The maximum atomic E-state index is 12.3. The molecule has 7 heteroatoms. The third-order valence-corrected chi connectivity index (χ3v) is 3.90. The number of rotatable bonds is 4. The minimum absolute atomic E-state index is 0.122. The van der Waals surface area contributed by atoms with Crippen LogP contribution in [0.1, 0.15) is 33.3 Å². The number of benzene rings is 1. The molecule has 26 heavy (non-hydrogen) atoms. The highest BCUT2D eigenvalue weighted by Crippen LogP contribution is 2.13. The Balaban J connectivity index is 1.75. The maximum Gasteiger partial charge on any atom is 0.410 e. The van der Waals surface area contributed by atoms with Crippen molar-refractivity contribution >= 4 is 12.1 Å². The Morgan fingerprint density at radius 1 is 1.04 bits per heavy atom. The zero-order valence-corrected chi connectivity index (χ0v) is 16.1. The molecule has 1 aromatic carbocycles. The molecule has 1 fully saturated rings. The zero-order chi connectivity index (χ0) is 19.2. The lowest BCUT2D eigenvalue weighted by molar-refractivity contribution is 0.0170. The van der Waals surface area contributed by atoms with E-state index in [2.05, 4.69) is 5.32 Å². The number of carbonyl (C=O) groups is 2. The summed E-state index contributed by atoms with van der Waals surface area (Å²) >= 11 is 0. The summed E-state index contributed by atoms with van der Waals surface area (Å²) in [4.78, 5) is 27.7. The number of hydrogen-bond acceptors (Lipinski definition) is 4. The molecule has 0 spiro atoms. The number of hydrogen-bond donors (Lipinski definition) is 1. The Bertz CT molecular complexity index is 602. The topological polar surface area (TPSA) is 71.1 Å². The van der Waals surface area contributed by atoms with Gasteiger partial charge in [-0.15, -0.1) is 0 Å². The number of carbonyl (C=O) groups excluding carboxylic acids is 2. The summed E-state index contributed by atoms with van der Waals surface area (Å²) in [5.41, 5.74) is 0.498. The standard InChI is InChI=1S/C19H29N3O4/c1-5-25-16-8-6-15(7-9-16)14-20-17(23)21-10-12-22(13-11-21)18(24)26-19(2,3)4/h6-9H,5,10-14H2,1-4H3,(H,20,23). The van der Waals surface area contributed by atoms with E-state index in [1.165, 1.54) is 0 Å². The smallest absolute Gasteiger partial charge is 0.410 e. The molecule has 1 aliphatic heterocycles. The minimum Gasteiger partial charge on any atom is -0.494 e. The predicted octanol–water partition coefficient (Wildman–Crippen LogP) is 2.85. The van der Waals surface area contributed by atoms with Crippen molar-refractivity contribution in [1.29, 1.82) is 0 Å². The Morgan fingerprint density at radius 3 is 2.15 bits per heavy atom. The van der Waals surface area contributed by atoms with E-state index in [0.717, 1.165) is 11.3 Å². The van der Waals surface area contributed by atoms with Gasteiger partial charge in [0.25, 0.3) is 0 Å². The molecule has 1 heterocycles. The molecule has 1 aromatic rings. The number of piperazine rings is 1. The van der Waals surface area contributed by atoms with Crippen molar-refractivity contribution in [1.82, 2.24) is 15.1 Å². The van der Waals surface area contributed by atoms with Gasteiger partial charge in [-0.2, -0.15) is 0 Å². The fourth-order valence-corrected chi connectivity index (χ4v) is 2.58. The first-order valence-electron chi connectivity index (χ1n) is 9.01. The molecular weight excluding hydrogens is 334 g/mol. The zero-order valence-electron chi connectivity index (χ0n) is 16.1. The molecule has 0 bridgehead atoms. The van der Waals surface area contributed by atoms with Gasteiger partial charge in [0.1, 0.15) is 11.4 Å². The molecule has 0 radical (unpaired) electrons. The summed E-state index contributed by atoms with van der Waals surface area (Å²) in [6, 6.07) is 7.54. The Hall–Kier alpha value is -2.44. The van der Waals surface area contributed by atoms with E-state index >= 15 is 0 Å². The first kappa shape index (κ1) is 19.9. The van der Waals surface area contributed by atoms with Crippen LogP contribution >= 0.6 is 0 Å². The second-order valence-electron chi connectivity index (χ2n) is 7.19. The SMILES string of the molecule is CCOc1ccc(CNC(=O)N2CCN(C(=O)OC(C)(C)C)CC2)cc1. The van der Waals surface area contributed by atoms with Gasteiger partial charge in [-0.05, 0) is 45.4 Å². The molecule has 3 amide bonds. The van der Waals surface area contributed by atoms with Crippen molar-refractivity contribution in [3.63, 3.8) is 0 Å². The summed E-state index contributed by atoms with van der Waals surface area (Å²) in [5, 5.41) is 2.91. The third kappa shape index (κ3) is 6.13. The van der Waals surface area contributed by atoms with E-state index in [-0.39, 0.29) is 12.1 Å². The Labute approximate surface area is 155 Å². The largest absolute Gasteiger partial charge is 0.494 e. The lowest BCUT2D eigenvalue weighted by Gasteiger charge is -2.35. The lowest BCUT2D eigenvalue weighted by Crippen LogP contribution is -2.53. The van der Waals surface area contributed by atoms with Crippen LogP contribution in [0.2, 0.25) is 0 Å². The van der Waals surface area contributed by atoms with Crippen LogP contribution in [0.5, 0.6) is 5.75 Å². The average Bonchev–Trinajstić information content (AvgIpc) is 2.60. The normalized spacial score (nSPS) is 14.8. The van der Waals surface area contributed by atoms with E-state index in [4.69, 9.17) is 9.47 Å². The van der Waals surface area contributed by atoms with Crippen LogP contribution in [0.3, 0.4) is 0 Å². The van der Waals surface area contributed by atoms with Crippen LogP contribution < -0.4 is 10.1 Å². The van der Waals surface area contributed by atoms with Crippen molar-refractivity contribution in [3.05, 3.63) is 29.8 Å². The molecule has 144 valence electrons. The second kappa shape index (κ2) is 8.78. The first-order valence-corrected chi connectivity index (χ1v) is 9.01. The van der Waals surface area contributed by atoms with E-state index in [0.29, 0.717) is 39.3 Å². The highest BCUT2D eigenvalue weighted by molar-refractivity contribution is 5.75. The van der Waals surface area contributed by atoms with Gasteiger partial charge in [0, 0.05) is 32.7 Å². The summed E-state index contributed by atoms with van der Waals surface area (Å²) in [6.45, 7) is 10.5. The number of amides is 3. The van der Waals surface area contributed by atoms with Crippen LogP contribution in [0.4, 0.5) is 9.59 Å². The quantitative estimate of drug-likeness (QED) is 0.893. The predicted molar refractivity (Wildman–Crippen MR) is 99.2 cm³/mol. The first-order chi connectivity index (χ1) is 12.3. The number of urea groups is 1. The van der Waals surface area contributed by atoms with E-state index in [1.54, 1.807) is 9.80 Å². The van der Waals surface area contributed by atoms with Crippen molar-refractivity contribution in [3.8, 4) is 5.75 Å². The molecule has 0 saturated carbocycles. The van der Waals surface area contributed by atoms with Crippen molar-refractivity contribution in [2.45, 2.75) is 39.8 Å². The second-order valence-corrected chi connectivity index (χ2v) is 7.19. The van der Waals surface area contributed by atoms with Gasteiger partial charge in [-0.25, -0.2) is 9.59 Å². The number of ether oxygens (including phenoxy) is 2. The maximum absolute atomic E-state index is 12.3. The lowest BCUT2D eigenvalue weighted by atomic mass is 10.2. The molecule has 7 nitrogen and oxygen atoms in total. The number of nitrogens with one attached hydrogen (secondary N) is 1. The molecule has 1 N–H and O–H groups in total. The van der Waals surface area contributed by atoms with Crippen molar-refractivity contribution < 1.29 is 19.1 Å². The molecule has 0 unspecified atom stereocenters. The van der Waals surface area contributed by atoms with Gasteiger partial charge in [-0.1, -0.05) is 12.1 Å². The molecule has 0 aliphatic carbocycles. The fraction of sp³-hybridized carbons (Fsp3) is 0.579. The molecule has 1 saturated heterocycles. The van der Waals surface area contributed by atoms with Gasteiger partial charge in [-0.3, -0.25) is 0 Å². The van der Waals surface area contributed by atoms with Crippen molar-refractivity contribution in [2.24, 2.45) is 0 Å². The number of nitrogens with zero attached hydrogens (tertiary/aromatic N) is 2. The third-order valence-electron chi connectivity index (χ3n) is 3.90. The average molecular weight is 363 g/mol. The van der Waals surface area contributed by atoms with Crippen LogP contribution in [-0.4, -0.2) is 60.3 Å². The van der Waals surface area contributed by atoms with Crippen LogP contribution in [0, 0.1) is 0 Å². The van der Waals surface area contributed by atoms with Gasteiger partial charge in [0.05, 0.1) is 6.61 Å². The Kier molecular flexibility index (Phi) is 6.71. The van der Waals surface area contributed by atoms with Gasteiger partial charge in [0.15, 0.2) is 0 Å². The monoisotopic (exact) mass is 363 g/mol. The van der Waals surface area contributed by atoms with Gasteiger partial charge >= 0.3 is 12.1 Å². The van der Waals surface area contributed by atoms with E-state index in [9.17, 15) is 9.59 Å². The summed E-state index contributed by atoms with van der Waals surface area (Å²) in [7, 11) is 0. The summed E-state index contributed by atoms with van der Waals surface area (Å²) in [5.74, 6) is 0.820. The van der Waals surface area contributed by atoms with E-state index < -0.39 is 5.60 Å². The molecule has 2 rings (SSSR count). The fourth-order valence-electron chi connectivity index (χ4n) is 2.58. The molecule has 1 aliphatic rings. The highest BCUT2D eigenvalue weighted by Gasteiger charge is 2.27. The van der Waals surface area contributed by atoms with Crippen LogP contribution in [0.25, 0.3) is 0 Å². The summed E-state index contributed by atoms with van der Waals surface area (Å²) < 4.78 is 10.8. The highest BCUT2D eigenvalue weighted by atomic mass is 16.6. The Morgan fingerprint density at radius 2 is 1.62 bits per heavy atom.